The van der Waals surface area contributed by atoms with Crippen molar-refractivity contribution in [1.29, 1.82) is 0 Å². The fourth-order valence-corrected chi connectivity index (χ4v) is 4.05. The molecule has 0 aromatic heterocycles. The molecule has 1 fully saturated rings. The van der Waals surface area contributed by atoms with Gasteiger partial charge < -0.3 is 10.6 Å². The summed E-state index contributed by atoms with van der Waals surface area (Å²) in [6, 6.07) is 4.87. The molecule has 0 saturated carbocycles. The van der Waals surface area contributed by atoms with Crippen molar-refractivity contribution in [2.45, 2.75) is 32.1 Å². The number of hydrogen-bond acceptors (Lipinski definition) is 4. The second-order valence-electron chi connectivity index (χ2n) is 5.39. The van der Waals surface area contributed by atoms with E-state index in [-0.39, 0.29) is 24.2 Å². The highest BCUT2D eigenvalue weighted by Gasteiger charge is 2.38. The number of hydrogen-bond donors (Lipinski definition) is 1. The molecule has 1 aliphatic heterocycles. The fraction of sp³-hybridized carbons (Fsp3) is 0.500. The third kappa shape index (κ3) is 2.52. The third-order valence-electron chi connectivity index (χ3n) is 4.11. The standard InChI is InChI=1S/C14H20N2O3S/c1-9-4-5-12(15)8-13(9)14(17)16-6-7-20(18,19)11(3)10(16)2/h4-5,8,10-11H,6-7,15H2,1-3H3. The van der Waals surface area contributed by atoms with Crippen molar-refractivity contribution in [3.05, 3.63) is 29.3 Å². The largest absolute Gasteiger partial charge is 0.399 e. The number of amides is 1. The van der Waals surface area contributed by atoms with Gasteiger partial charge in [-0.15, -0.1) is 0 Å². The Kier molecular flexibility index (Phi) is 3.77. The summed E-state index contributed by atoms with van der Waals surface area (Å²) in [5.41, 5.74) is 7.65. The van der Waals surface area contributed by atoms with Crippen LogP contribution in [0.2, 0.25) is 0 Å². The zero-order chi connectivity index (χ0) is 15.1. The molecular weight excluding hydrogens is 276 g/mol. The number of anilines is 1. The van der Waals surface area contributed by atoms with Crippen LogP contribution >= 0.6 is 0 Å². The Morgan fingerprint density at radius 3 is 2.65 bits per heavy atom. The Morgan fingerprint density at radius 2 is 2.00 bits per heavy atom. The van der Waals surface area contributed by atoms with E-state index in [4.69, 9.17) is 5.73 Å². The van der Waals surface area contributed by atoms with Gasteiger partial charge in [-0.3, -0.25) is 4.79 Å². The van der Waals surface area contributed by atoms with Gasteiger partial charge in [0, 0.05) is 23.8 Å². The maximum atomic E-state index is 12.6. The van der Waals surface area contributed by atoms with E-state index in [2.05, 4.69) is 0 Å². The van der Waals surface area contributed by atoms with E-state index >= 15 is 0 Å². The van der Waals surface area contributed by atoms with Gasteiger partial charge in [0.2, 0.25) is 0 Å². The van der Waals surface area contributed by atoms with Crippen molar-refractivity contribution >= 4 is 21.4 Å². The molecule has 20 heavy (non-hydrogen) atoms. The predicted octanol–water partition coefficient (Wildman–Crippen LogP) is 1.22. The molecule has 0 bridgehead atoms. The van der Waals surface area contributed by atoms with Crippen molar-refractivity contribution < 1.29 is 13.2 Å². The number of sulfone groups is 1. The van der Waals surface area contributed by atoms with E-state index in [1.807, 2.05) is 6.92 Å². The third-order valence-corrected chi connectivity index (χ3v) is 6.39. The maximum Gasteiger partial charge on any atom is 0.254 e. The number of carbonyl (C=O) groups excluding carboxylic acids is 1. The molecule has 0 aliphatic carbocycles. The predicted molar refractivity (Wildman–Crippen MR) is 79.3 cm³/mol. The minimum atomic E-state index is -3.10. The van der Waals surface area contributed by atoms with Crippen LogP contribution in [0.25, 0.3) is 0 Å². The zero-order valence-electron chi connectivity index (χ0n) is 12.0. The Labute approximate surface area is 119 Å². The average molecular weight is 296 g/mol. The molecule has 0 radical (unpaired) electrons. The van der Waals surface area contributed by atoms with Crippen LogP contribution in [0.3, 0.4) is 0 Å². The zero-order valence-corrected chi connectivity index (χ0v) is 12.8. The Hall–Kier alpha value is -1.56. The lowest BCUT2D eigenvalue weighted by Crippen LogP contribution is -2.54. The van der Waals surface area contributed by atoms with Crippen LogP contribution in [0.1, 0.15) is 29.8 Å². The quantitative estimate of drug-likeness (QED) is 0.790. The summed E-state index contributed by atoms with van der Waals surface area (Å²) in [5.74, 6) is -0.130. The maximum absolute atomic E-state index is 12.6. The molecule has 5 nitrogen and oxygen atoms in total. The second kappa shape index (κ2) is 5.09. The molecule has 6 heteroatoms. The van der Waals surface area contributed by atoms with Gasteiger partial charge in [-0.05, 0) is 38.5 Å². The van der Waals surface area contributed by atoms with Crippen LogP contribution < -0.4 is 5.73 Å². The normalized spacial score (nSPS) is 25.4. The van der Waals surface area contributed by atoms with Crippen LogP contribution in [0.5, 0.6) is 0 Å². The molecule has 110 valence electrons. The number of benzene rings is 1. The molecule has 2 N–H and O–H groups in total. The number of nitrogens with two attached hydrogens (primary N) is 1. The van der Waals surface area contributed by atoms with Crippen molar-refractivity contribution in [3.63, 3.8) is 0 Å². The van der Waals surface area contributed by atoms with Crippen molar-refractivity contribution in [1.82, 2.24) is 4.90 Å². The molecule has 2 rings (SSSR count). The van der Waals surface area contributed by atoms with Gasteiger partial charge in [-0.1, -0.05) is 6.07 Å². The fourth-order valence-electron chi connectivity index (χ4n) is 2.48. The van der Waals surface area contributed by atoms with Crippen molar-refractivity contribution in [2.75, 3.05) is 18.0 Å². The van der Waals surface area contributed by atoms with E-state index in [9.17, 15) is 13.2 Å². The minimum absolute atomic E-state index is 0.0195. The van der Waals surface area contributed by atoms with Gasteiger partial charge >= 0.3 is 0 Å². The van der Waals surface area contributed by atoms with Gasteiger partial charge in [0.15, 0.2) is 9.84 Å². The number of rotatable bonds is 1. The van der Waals surface area contributed by atoms with Crippen LogP contribution in [0.15, 0.2) is 18.2 Å². The SMILES string of the molecule is Cc1ccc(N)cc1C(=O)N1CCS(=O)(=O)C(C)C1C. The van der Waals surface area contributed by atoms with E-state index < -0.39 is 15.1 Å². The monoisotopic (exact) mass is 296 g/mol. The van der Waals surface area contributed by atoms with Gasteiger partial charge in [-0.2, -0.15) is 0 Å². The molecule has 1 aromatic carbocycles. The molecule has 1 saturated heterocycles. The molecule has 2 unspecified atom stereocenters. The number of carbonyl (C=O) groups is 1. The summed E-state index contributed by atoms with van der Waals surface area (Å²) in [7, 11) is -3.10. The number of aryl methyl sites for hydroxylation is 1. The van der Waals surface area contributed by atoms with E-state index in [0.717, 1.165) is 5.56 Å². The first-order valence-corrected chi connectivity index (χ1v) is 8.34. The van der Waals surface area contributed by atoms with Crippen LogP contribution in [-0.4, -0.2) is 42.8 Å². The summed E-state index contributed by atoms with van der Waals surface area (Å²) in [4.78, 5) is 14.2. The topological polar surface area (TPSA) is 80.5 Å². The molecule has 1 aromatic rings. The lowest BCUT2D eigenvalue weighted by atomic mass is 10.0. The lowest BCUT2D eigenvalue weighted by Gasteiger charge is -2.37. The minimum Gasteiger partial charge on any atom is -0.399 e. The lowest BCUT2D eigenvalue weighted by molar-refractivity contribution is 0.0692. The summed E-state index contributed by atoms with van der Waals surface area (Å²) in [6.07, 6.45) is 0. The molecule has 2 atom stereocenters. The van der Waals surface area contributed by atoms with Crippen LogP contribution in [-0.2, 0) is 9.84 Å². The van der Waals surface area contributed by atoms with E-state index in [1.54, 1.807) is 36.9 Å². The van der Waals surface area contributed by atoms with Crippen molar-refractivity contribution in [3.8, 4) is 0 Å². The molecule has 1 amide bonds. The smallest absolute Gasteiger partial charge is 0.254 e. The Bertz CT molecular complexity index is 640. The molecule has 1 aliphatic rings. The number of nitrogen functional groups attached to an aromatic ring is 1. The summed E-state index contributed by atoms with van der Waals surface area (Å²) in [5, 5.41) is -0.540. The van der Waals surface area contributed by atoms with E-state index in [0.29, 0.717) is 11.3 Å². The molecule has 0 spiro atoms. The average Bonchev–Trinajstić information content (AvgIpc) is 2.38. The highest BCUT2D eigenvalue weighted by atomic mass is 32.2. The highest BCUT2D eigenvalue weighted by Crippen LogP contribution is 2.23. The molecular formula is C14H20N2O3S. The van der Waals surface area contributed by atoms with Gasteiger partial charge in [0.1, 0.15) is 0 Å². The van der Waals surface area contributed by atoms with Crippen LogP contribution in [0, 0.1) is 6.92 Å². The first-order valence-electron chi connectivity index (χ1n) is 6.62. The van der Waals surface area contributed by atoms with Crippen LogP contribution in [0.4, 0.5) is 5.69 Å². The summed E-state index contributed by atoms with van der Waals surface area (Å²) < 4.78 is 23.7. The molecule has 1 heterocycles. The Balaban J connectivity index is 2.33. The highest BCUT2D eigenvalue weighted by molar-refractivity contribution is 7.92. The van der Waals surface area contributed by atoms with E-state index in [1.165, 1.54) is 0 Å². The first-order chi connectivity index (χ1) is 9.24. The number of nitrogens with zero attached hydrogens (tertiary/aromatic N) is 1. The van der Waals surface area contributed by atoms with Gasteiger partial charge in [-0.25, -0.2) is 8.42 Å². The summed E-state index contributed by atoms with van der Waals surface area (Å²) in [6.45, 7) is 5.52. The summed E-state index contributed by atoms with van der Waals surface area (Å²) >= 11 is 0. The second-order valence-corrected chi connectivity index (χ2v) is 7.86. The Morgan fingerprint density at radius 1 is 1.35 bits per heavy atom. The van der Waals surface area contributed by atoms with Gasteiger partial charge in [0.05, 0.1) is 11.0 Å². The first kappa shape index (κ1) is 14.8. The van der Waals surface area contributed by atoms with Crippen molar-refractivity contribution in [2.24, 2.45) is 0 Å². The van der Waals surface area contributed by atoms with Gasteiger partial charge in [0.25, 0.3) is 5.91 Å².